The van der Waals surface area contributed by atoms with E-state index in [9.17, 15) is 4.79 Å². The summed E-state index contributed by atoms with van der Waals surface area (Å²) in [6, 6.07) is 3.64. The fourth-order valence-electron chi connectivity index (χ4n) is 2.39. The molecule has 0 aliphatic heterocycles. The van der Waals surface area contributed by atoms with Gasteiger partial charge in [0.25, 0.3) is 5.91 Å². The summed E-state index contributed by atoms with van der Waals surface area (Å²) in [6.07, 6.45) is 5.44. The number of hydrogen-bond donors (Lipinski definition) is 1. The van der Waals surface area contributed by atoms with Crippen LogP contribution in [-0.4, -0.2) is 17.4 Å². The van der Waals surface area contributed by atoms with Gasteiger partial charge in [-0.15, -0.1) is 0 Å². The summed E-state index contributed by atoms with van der Waals surface area (Å²) in [5.74, 6) is 1.26. The summed E-state index contributed by atoms with van der Waals surface area (Å²) < 4.78 is 0.747. The van der Waals surface area contributed by atoms with Crippen molar-refractivity contribution in [3.8, 4) is 0 Å². The second-order valence-corrected chi connectivity index (χ2v) is 5.57. The maximum absolute atomic E-state index is 11.9. The van der Waals surface area contributed by atoms with Crippen LogP contribution in [0.1, 0.15) is 36.7 Å². The maximum atomic E-state index is 11.9. The van der Waals surface area contributed by atoms with Gasteiger partial charge in [-0.25, -0.2) is 4.98 Å². The normalized spacial score (nSPS) is 23.6. The monoisotopic (exact) mass is 296 g/mol. The summed E-state index contributed by atoms with van der Waals surface area (Å²) in [7, 11) is 0. The molecule has 3 nitrogen and oxygen atoms in total. The molecule has 0 bridgehead atoms. The van der Waals surface area contributed by atoms with Gasteiger partial charge in [-0.05, 0) is 46.3 Å². The number of hydrogen-bond acceptors (Lipinski definition) is 2. The van der Waals surface area contributed by atoms with Crippen molar-refractivity contribution in [1.82, 2.24) is 10.3 Å². The van der Waals surface area contributed by atoms with Crippen LogP contribution < -0.4 is 5.32 Å². The molecule has 0 saturated heterocycles. The molecule has 4 heteroatoms. The summed E-state index contributed by atoms with van der Waals surface area (Å²) >= 11 is 3.34. The highest BCUT2D eigenvalue weighted by molar-refractivity contribution is 9.10. The van der Waals surface area contributed by atoms with Crippen molar-refractivity contribution in [2.45, 2.75) is 26.2 Å². The second-order valence-electron chi connectivity index (χ2n) is 4.71. The lowest BCUT2D eigenvalue weighted by Crippen LogP contribution is -2.31. The fourth-order valence-corrected chi connectivity index (χ4v) is 2.82. The van der Waals surface area contributed by atoms with E-state index < -0.39 is 0 Å². The Hall–Kier alpha value is -0.900. The van der Waals surface area contributed by atoms with Crippen LogP contribution in [0.3, 0.4) is 0 Å². The molecule has 1 aliphatic rings. The van der Waals surface area contributed by atoms with Crippen molar-refractivity contribution in [3.63, 3.8) is 0 Å². The van der Waals surface area contributed by atoms with Crippen molar-refractivity contribution in [1.29, 1.82) is 0 Å². The van der Waals surface area contributed by atoms with E-state index in [-0.39, 0.29) is 5.91 Å². The number of aromatic nitrogens is 1. The zero-order chi connectivity index (χ0) is 12.3. The number of carbonyl (C=O) groups excluding carboxylic acids is 1. The molecule has 1 aromatic heterocycles. The lowest BCUT2D eigenvalue weighted by Gasteiger charge is -2.15. The van der Waals surface area contributed by atoms with Crippen LogP contribution in [0.15, 0.2) is 22.8 Å². The van der Waals surface area contributed by atoms with Gasteiger partial charge in [0.15, 0.2) is 0 Å². The molecular formula is C13H17BrN2O. The van der Waals surface area contributed by atoms with Crippen molar-refractivity contribution >= 4 is 21.8 Å². The average molecular weight is 297 g/mol. The first kappa shape index (κ1) is 12.6. The molecule has 1 N–H and O–H groups in total. The molecule has 1 aliphatic carbocycles. The summed E-state index contributed by atoms with van der Waals surface area (Å²) in [5, 5.41) is 2.98. The Morgan fingerprint density at radius 3 is 3.06 bits per heavy atom. The molecule has 1 saturated carbocycles. The van der Waals surface area contributed by atoms with E-state index in [2.05, 4.69) is 33.2 Å². The van der Waals surface area contributed by atoms with Crippen LogP contribution in [0.5, 0.6) is 0 Å². The van der Waals surface area contributed by atoms with Crippen LogP contribution in [0.2, 0.25) is 0 Å². The van der Waals surface area contributed by atoms with Gasteiger partial charge in [-0.1, -0.05) is 19.8 Å². The number of nitrogens with zero attached hydrogens (tertiary/aromatic N) is 1. The molecule has 1 aromatic rings. The average Bonchev–Trinajstić information content (AvgIpc) is 2.72. The second kappa shape index (κ2) is 5.63. The third-order valence-corrected chi connectivity index (χ3v) is 4.18. The van der Waals surface area contributed by atoms with Crippen molar-refractivity contribution in [2.24, 2.45) is 11.8 Å². The lowest BCUT2D eigenvalue weighted by molar-refractivity contribution is 0.0939. The number of nitrogens with one attached hydrogen (secondary N) is 1. The first-order valence-electron chi connectivity index (χ1n) is 6.07. The minimum Gasteiger partial charge on any atom is -0.350 e. The molecule has 2 atom stereocenters. The smallest absolute Gasteiger partial charge is 0.271 e. The molecular weight excluding hydrogens is 280 g/mol. The Morgan fingerprint density at radius 2 is 2.41 bits per heavy atom. The largest absolute Gasteiger partial charge is 0.350 e. The molecule has 2 unspecified atom stereocenters. The van der Waals surface area contributed by atoms with Crippen molar-refractivity contribution in [3.05, 3.63) is 28.5 Å². The van der Waals surface area contributed by atoms with Crippen molar-refractivity contribution < 1.29 is 4.79 Å². The fraction of sp³-hybridized carbons (Fsp3) is 0.538. The molecule has 0 aromatic carbocycles. The number of pyridine rings is 1. The highest BCUT2D eigenvalue weighted by atomic mass is 79.9. The third kappa shape index (κ3) is 3.06. The predicted octanol–water partition coefficient (Wildman–Crippen LogP) is 3.01. The number of carbonyl (C=O) groups is 1. The molecule has 17 heavy (non-hydrogen) atoms. The van der Waals surface area contributed by atoms with Crippen LogP contribution in [0.25, 0.3) is 0 Å². The minimum absolute atomic E-state index is 0.0865. The van der Waals surface area contributed by atoms with E-state index in [0.29, 0.717) is 11.6 Å². The predicted molar refractivity (Wildman–Crippen MR) is 70.8 cm³/mol. The molecule has 1 amide bonds. The van der Waals surface area contributed by atoms with E-state index in [4.69, 9.17) is 0 Å². The van der Waals surface area contributed by atoms with Crippen LogP contribution in [0.4, 0.5) is 0 Å². The quantitative estimate of drug-likeness (QED) is 0.932. The van der Waals surface area contributed by atoms with E-state index in [1.54, 1.807) is 12.3 Å². The maximum Gasteiger partial charge on any atom is 0.271 e. The molecule has 2 rings (SSSR count). The topological polar surface area (TPSA) is 42.0 Å². The van der Waals surface area contributed by atoms with E-state index in [1.807, 2.05) is 6.07 Å². The Bertz CT molecular complexity index is 408. The zero-order valence-corrected chi connectivity index (χ0v) is 11.5. The van der Waals surface area contributed by atoms with Crippen molar-refractivity contribution in [2.75, 3.05) is 6.54 Å². The first-order chi connectivity index (χ1) is 8.18. The van der Waals surface area contributed by atoms with E-state index in [1.165, 1.54) is 19.3 Å². The Labute approximate surface area is 110 Å². The number of amides is 1. The van der Waals surface area contributed by atoms with Gasteiger partial charge in [0.05, 0.1) is 0 Å². The van der Waals surface area contributed by atoms with Gasteiger partial charge >= 0.3 is 0 Å². The van der Waals surface area contributed by atoms with Crippen LogP contribution >= 0.6 is 15.9 Å². The third-order valence-electron chi connectivity index (χ3n) is 3.54. The highest BCUT2D eigenvalue weighted by Crippen LogP contribution is 2.30. The number of rotatable bonds is 3. The van der Waals surface area contributed by atoms with Gasteiger partial charge in [-0.3, -0.25) is 4.79 Å². The van der Waals surface area contributed by atoms with Crippen LogP contribution in [0, 0.1) is 11.8 Å². The molecule has 92 valence electrons. The number of halogens is 1. The molecule has 1 heterocycles. The summed E-state index contributed by atoms with van der Waals surface area (Å²) in [4.78, 5) is 16.0. The zero-order valence-electron chi connectivity index (χ0n) is 9.95. The summed E-state index contributed by atoms with van der Waals surface area (Å²) in [5.41, 5.74) is 0.471. The van der Waals surface area contributed by atoms with E-state index in [0.717, 1.165) is 16.9 Å². The Morgan fingerprint density at radius 1 is 1.59 bits per heavy atom. The standard InChI is InChI=1S/C13H17BrN2O/c1-9-4-2-5-10(9)8-16-13(17)12-11(14)6-3-7-15-12/h3,6-7,9-10H,2,4-5,8H2,1H3,(H,16,17). The Balaban J connectivity index is 1.91. The molecule has 0 radical (unpaired) electrons. The van der Waals surface area contributed by atoms with Gasteiger partial charge in [0.1, 0.15) is 5.69 Å². The summed E-state index contributed by atoms with van der Waals surface area (Å²) in [6.45, 7) is 3.03. The molecule has 0 spiro atoms. The van der Waals surface area contributed by atoms with Gasteiger partial charge in [-0.2, -0.15) is 0 Å². The SMILES string of the molecule is CC1CCCC1CNC(=O)c1ncccc1Br. The minimum atomic E-state index is -0.0865. The van der Waals surface area contributed by atoms with E-state index >= 15 is 0 Å². The van der Waals surface area contributed by atoms with Gasteiger partial charge in [0.2, 0.25) is 0 Å². The first-order valence-corrected chi connectivity index (χ1v) is 6.86. The highest BCUT2D eigenvalue weighted by Gasteiger charge is 2.24. The molecule has 1 fully saturated rings. The Kier molecular flexibility index (Phi) is 4.15. The van der Waals surface area contributed by atoms with Gasteiger partial charge < -0.3 is 5.32 Å². The van der Waals surface area contributed by atoms with Gasteiger partial charge in [0, 0.05) is 17.2 Å². The van der Waals surface area contributed by atoms with Crippen LogP contribution in [-0.2, 0) is 0 Å². The lowest BCUT2D eigenvalue weighted by atomic mass is 9.98.